The lowest BCUT2D eigenvalue weighted by Gasteiger charge is -2.19. The van der Waals surface area contributed by atoms with Crippen molar-refractivity contribution in [1.82, 2.24) is 9.55 Å². The molecule has 2 rings (SSSR count). The molecule has 0 saturated carbocycles. The molecule has 0 aliphatic heterocycles. The number of nitrogens with zero attached hydrogens (tertiary/aromatic N) is 1. The van der Waals surface area contributed by atoms with E-state index in [0.29, 0.717) is 11.8 Å². The fourth-order valence-electron chi connectivity index (χ4n) is 1.70. The standard InChI is InChI=1S/C13H11FN2O4/c1-8(17)20-12(9-5-3-2-4-6-9)16-7-10(14)11(18)15-13(16)19/h2-7,12H,1H3,(H,15,18,19). The van der Waals surface area contributed by atoms with Gasteiger partial charge in [0.1, 0.15) is 0 Å². The second kappa shape index (κ2) is 5.52. The number of aromatic amines is 1. The summed E-state index contributed by atoms with van der Waals surface area (Å²) in [6.45, 7) is 1.17. The van der Waals surface area contributed by atoms with E-state index < -0.39 is 29.3 Å². The Morgan fingerprint density at radius 2 is 1.95 bits per heavy atom. The maximum Gasteiger partial charge on any atom is 0.331 e. The molecule has 7 heteroatoms. The van der Waals surface area contributed by atoms with Crippen LogP contribution in [0.3, 0.4) is 0 Å². The highest BCUT2D eigenvalue weighted by Crippen LogP contribution is 2.17. The summed E-state index contributed by atoms with van der Waals surface area (Å²) in [6.07, 6.45) is -0.436. The van der Waals surface area contributed by atoms with Gasteiger partial charge >= 0.3 is 11.7 Å². The number of hydrogen-bond acceptors (Lipinski definition) is 4. The number of nitrogens with one attached hydrogen (secondary N) is 1. The first-order chi connectivity index (χ1) is 9.49. The average molecular weight is 278 g/mol. The fraction of sp³-hybridized carbons (Fsp3) is 0.154. The highest BCUT2D eigenvalue weighted by atomic mass is 19.1. The van der Waals surface area contributed by atoms with Crippen molar-refractivity contribution >= 4 is 5.97 Å². The zero-order chi connectivity index (χ0) is 14.7. The number of carbonyl (C=O) groups excluding carboxylic acids is 1. The summed E-state index contributed by atoms with van der Waals surface area (Å²) < 4.78 is 19.2. The van der Waals surface area contributed by atoms with E-state index in [9.17, 15) is 18.8 Å². The second-order valence-electron chi connectivity index (χ2n) is 4.02. The number of hydrogen-bond donors (Lipinski definition) is 1. The van der Waals surface area contributed by atoms with E-state index in [-0.39, 0.29) is 0 Å². The molecule has 1 aromatic carbocycles. The third-order valence-electron chi connectivity index (χ3n) is 2.54. The largest absolute Gasteiger partial charge is 0.437 e. The predicted octanol–water partition coefficient (Wildman–Crippen LogP) is 0.786. The molecular weight excluding hydrogens is 267 g/mol. The number of carbonyl (C=O) groups is 1. The van der Waals surface area contributed by atoms with Crippen molar-refractivity contribution in [2.75, 3.05) is 0 Å². The number of benzene rings is 1. The lowest BCUT2D eigenvalue weighted by molar-refractivity contribution is -0.148. The molecule has 0 radical (unpaired) electrons. The number of rotatable bonds is 3. The van der Waals surface area contributed by atoms with Gasteiger partial charge in [0.05, 0.1) is 6.20 Å². The highest BCUT2D eigenvalue weighted by molar-refractivity contribution is 5.66. The quantitative estimate of drug-likeness (QED) is 0.841. The minimum atomic E-state index is -1.15. The molecule has 104 valence electrons. The van der Waals surface area contributed by atoms with Crippen LogP contribution in [0, 0.1) is 5.82 Å². The van der Waals surface area contributed by atoms with Gasteiger partial charge in [0.15, 0.2) is 0 Å². The number of H-pyrrole nitrogens is 1. The van der Waals surface area contributed by atoms with Gasteiger partial charge in [0.25, 0.3) is 5.56 Å². The molecule has 0 aliphatic rings. The molecule has 20 heavy (non-hydrogen) atoms. The SMILES string of the molecule is CC(=O)OC(c1ccccc1)n1cc(F)c(=O)[nH]c1=O. The van der Waals surface area contributed by atoms with E-state index in [2.05, 4.69) is 0 Å². The topological polar surface area (TPSA) is 81.2 Å². The average Bonchev–Trinajstić information content (AvgIpc) is 2.41. The first kappa shape index (κ1) is 13.7. The van der Waals surface area contributed by atoms with E-state index in [1.165, 1.54) is 6.92 Å². The third-order valence-corrected chi connectivity index (χ3v) is 2.54. The molecular formula is C13H11FN2O4. The molecule has 1 N–H and O–H groups in total. The Morgan fingerprint density at radius 3 is 2.55 bits per heavy atom. The summed E-state index contributed by atoms with van der Waals surface area (Å²) in [5.41, 5.74) is -1.52. The van der Waals surface area contributed by atoms with Gasteiger partial charge in [-0.1, -0.05) is 30.3 Å². The van der Waals surface area contributed by atoms with Crippen molar-refractivity contribution in [3.63, 3.8) is 0 Å². The van der Waals surface area contributed by atoms with E-state index in [4.69, 9.17) is 4.74 Å². The Morgan fingerprint density at radius 1 is 1.30 bits per heavy atom. The third kappa shape index (κ3) is 2.82. The van der Waals surface area contributed by atoms with Gasteiger partial charge in [-0.3, -0.25) is 19.1 Å². The van der Waals surface area contributed by atoms with Crippen molar-refractivity contribution in [3.05, 3.63) is 68.7 Å². The summed E-state index contributed by atoms with van der Waals surface area (Å²) in [7, 11) is 0. The van der Waals surface area contributed by atoms with Crippen LogP contribution in [-0.2, 0) is 9.53 Å². The monoisotopic (exact) mass is 278 g/mol. The summed E-state index contributed by atoms with van der Waals surface area (Å²) in [6, 6.07) is 8.33. The van der Waals surface area contributed by atoms with Gasteiger partial charge in [-0.05, 0) is 0 Å². The van der Waals surface area contributed by atoms with Crippen molar-refractivity contribution < 1.29 is 13.9 Å². The molecule has 1 aromatic heterocycles. The minimum absolute atomic E-state index is 0.469. The van der Waals surface area contributed by atoms with Gasteiger partial charge < -0.3 is 4.74 Å². The Hall–Kier alpha value is -2.70. The zero-order valence-corrected chi connectivity index (χ0v) is 10.5. The smallest absolute Gasteiger partial charge is 0.331 e. The Labute approximate surface area is 112 Å². The summed E-state index contributed by atoms with van der Waals surface area (Å²) in [5, 5.41) is 0. The maximum absolute atomic E-state index is 13.3. The molecule has 0 spiro atoms. The molecule has 1 atom stereocenters. The molecule has 0 bridgehead atoms. The van der Waals surface area contributed by atoms with Gasteiger partial charge in [-0.15, -0.1) is 0 Å². The molecule has 6 nitrogen and oxygen atoms in total. The normalized spacial score (nSPS) is 11.9. The summed E-state index contributed by atoms with van der Waals surface area (Å²) in [5.74, 6) is -1.78. The maximum atomic E-state index is 13.3. The van der Waals surface area contributed by atoms with Crippen LogP contribution < -0.4 is 11.2 Å². The van der Waals surface area contributed by atoms with Crippen LogP contribution in [0.5, 0.6) is 0 Å². The van der Waals surface area contributed by atoms with Crippen LogP contribution in [0.4, 0.5) is 4.39 Å². The first-order valence-electron chi connectivity index (χ1n) is 5.72. The Balaban J connectivity index is 2.58. The van der Waals surface area contributed by atoms with E-state index in [1.54, 1.807) is 30.3 Å². The van der Waals surface area contributed by atoms with Crippen LogP contribution in [0.25, 0.3) is 0 Å². The van der Waals surface area contributed by atoms with Crippen LogP contribution in [0.15, 0.2) is 46.1 Å². The van der Waals surface area contributed by atoms with Gasteiger partial charge in [-0.2, -0.15) is 4.39 Å². The highest BCUT2D eigenvalue weighted by Gasteiger charge is 2.19. The van der Waals surface area contributed by atoms with Crippen molar-refractivity contribution in [2.45, 2.75) is 13.2 Å². The lowest BCUT2D eigenvalue weighted by atomic mass is 10.2. The van der Waals surface area contributed by atoms with Crippen LogP contribution >= 0.6 is 0 Å². The molecule has 0 saturated heterocycles. The number of aromatic nitrogens is 2. The lowest BCUT2D eigenvalue weighted by Crippen LogP contribution is -2.35. The molecule has 0 amide bonds. The second-order valence-corrected chi connectivity index (χ2v) is 4.02. The molecule has 0 fully saturated rings. The van der Waals surface area contributed by atoms with Crippen molar-refractivity contribution in [2.24, 2.45) is 0 Å². The molecule has 1 unspecified atom stereocenters. The molecule has 1 heterocycles. The van der Waals surface area contributed by atoms with Crippen LogP contribution in [0.2, 0.25) is 0 Å². The van der Waals surface area contributed by atoms with Crippen LogP contribution in [0.1, 0.15) is 18.7 Å². The Kier molecular flexibility index (Phi) is 3.79. The molecule has 0 aliphatic carbocycles. The van der Waals surface area contributed by atoms with Gasteiger partial charge in [0.2, 0.25) is 12.0 Å². The Bertz CT molecular complexity index is 736. The molecule has 2 aromatic rings. The number of ether oxygens (including phenoxy) is 1. The minimum Gasteiger partial charge on any atom is -0.437 e. The van der Waals surface area contributed by atoms with E-state index in [0.717, 1.165) is 4.57 Å². The van der Waals surface area contributed by atoms with E-state index in [1.807, 2.05) is 4.98 Å². The predicted molar refractivity (Wildman–Crippen MR) is 67.6 cm³/mol. The summed E-state index contributed by atoms with van der Waals surface area (Å²) in [4.78, 5) is 35.7. The van der Waals surface area contributed by atoms with E-state index >= 15 is 0 Å². The number of esters is 1. The van der Waals surface area contributed by atoms with Gasteiger partial charge in [0, 0.05) is 12.5 Å². The number of halogens is 1. The van der Waals surface area contributed by atoms with Crippen molar-refractivity contribution in [3.8, 4) is 0 Å². The van der Waals surface area contributed by atoms with Gasteiger partial charge in [-0.25, -0.2) is 4.79 Å². The first-order valence-corrected chi connectivity index (χ1v) is 5.72. The summed E-state index contributed by atoms with van der Waals surface area (Å²) >= 11 is 0. The van der Waals surface area contributed by atoms with Crippen LogP contribution in [-0.4, -0.2) is 15.5 Å². The zero-order valence-electron chi connectivity index (χ0n) is 10.5. The fourth-order valence-corrected chi connectivity index (χ4v) is 1.70. The van der Waals surface area contributed by atoms with Crippen molar-refractivity contribution in [1.29, 1.82) is 0 Å².